The fraction of sp³-hybridized carbons (Fsp3) is 0.500. The number of nitrogens with one attached hydrogen (secondary N) is 1. The SMILES string of the molecule is Cc1ccc(C(=O)Nc2ncc3c(C(=O)N4CCCC4CN4CCCC4)cn(C(C)(C)C)c3n2)cc1. The third-order valence-corrected chi connectivity index (χ3v) is 7.34. The van der Waals surface area contributed by atoms with Crippen LogP contribution < -0.4 is 5.32 Å². The number of amides is 2. The lowest BCUT2D eigenvalue weighted by atomic mass is 10.1. The predicted molar refractivity (Wildman–Crippen MR) is 141 cm³/mol. The van der Waals surface area contributed by atoms with Crippen LogP contribution in [0, 0.1) is 6.92 Å². The van der Waals surface area contributed by atoms with E-state index in [1.54, 1.807) is 18.3 Å². The van der Waals surface area contributed by atoms with Gasteiger partial charge < -0.3 is 14.4 Å². The van der Waals surface area contributed by atoms with Crippen molar-refractivity contribution in [3.8, 4) is 0 Å². The van der Waals surface area contributed by atoms with E-state index in [2.05, 4.69) is 36.0 Å². The van der Waals surface area contributed by atoms with Crippen LogP contribution in [-0.2, 0) is 5.54 Å². The Morgan fingerprint density at radius 2 is 1.78 bits per heavy atom. The number of aryl methyl sites for hydroxylation is 1. The van der Waals surface area contributed by atoms with Crippen molar-refractivity contribution in [3.63, 3.8) is 0 Å². The van der Waals surface area contributed by atoms with E-state index in [0.29, 0.717) is 16.8 Å². The molecule has 1 N–H and O–H groups in total. The van der Waals surface area contributed by atoms with Gasteiger partial charge in [-0.05, 0) is 78.6 Å². The molecule has 0 aliphatic carbocycles. The number of carbonyl (C=O) groups excluding carboxylic acids is 2. The van der Waals surface area contributed by atoms with Crippen LogP contribution in [0.1, 0.15) is 72.7 Å². The van der Waals surface area contributed by atoms with E-state index in [1.807, 2.05) is 34.7 Å². The lowest BCUT2D eigenvalue weighted by Gasteiger charge is -2.28. The van der Waals surface area contributed by atoms with E-state index in [0.717, 1.165) is 50.0 Å². The van der Waals surface area contributed by atoms with Crippen molar-refractivity contribution in [1.82, 2.24) is 24.3 Å². The van der Waals surface area contributed by atoms with Crippen molar-refractivity contribution in [2.75, 3.05) is 31.5 Å². The molecule has 2 aliphatic rings. The van der Waals surface area contributed by atoms with Crippen molar-refractivity contribution < 1.29 is 9.59 Å². The normalized spacial score (nSPS) is 18.8. The fourth-order valence-electron chi connectivity index (χ4n) is 5.34. The van der Waals surface area contributed by atoms with Gasteiger partial charge in [0.2, 0.25) is 5.95 Å². The summed E-state index contributed by atoms with van der Waals surface area (Å²) >= 11 is 0. The smallest absolute Gasteiger partial charge is 0.258 e. The molecule has 2 amide bonds. The Kier molecular flexibility index (Phi) is 6.55. The molecule has 1 unspecified atom stereocenters. The molecule has 0 spiro atoms. The molecule has 0 radical (unpaired) electrons. The first-order valence-corrected chi connectivity index (χ1v) is 13.0. The minimum atomic E-state index is -0.302. The standard InChI is InChI=1S/C28H36N6O2/c1-19-9-11-20(12-10-19)25(35)31-27-29-16-22-23(18-34(24(22)30-27)28(2,3)4)26(36)33-15-7-8-21(33)17-32-13-5-6-14-32/h9-12,16,18,21H,5-8,13-15,17H2,1-4H3,(H,29,30,31,35). The van der Waals surface area contributed by atoms with Gasteiger partial charge in [-0.1, -0.05) is 17.7 Å². The molecule has 1 atom stereocenters. The van der Waals surface area contributed by atoms with Gasteiger partial charge in [0.15, 0.2) is 0 Å². The minimum Gasteiger partial charge on any atom is -0.334 e. The molecule has 1 aromatic carbocycles. The maximum atomic E-state index is 13.8. The maximum Gasteiger partial charge on any atom is 0.258 e. The summed E-state index contributed by atoms with van der Waals surface area (Å²) in [5, 5.41) is 3.53. The van der Waals surface area contributed by atoms with E-state index in [9.17, 15) is 9.59 Å². The second-order valence-electron chi connectivity index (χ2n) is 11.1. The summed E-state index contributed by atoms with van der Waals surface area (Å²) in [6, 6.07) is 7.62. The van der Waals surface area contributed by atoms with E-state index in [-0.39, 0.29) is 29.3 Å². The van der Waals surface area contributed by atoms with E-state index in [4.69, 9.17) is 4.98 Å². The Balaban J connectivity index is 1.44. The Morgan fingerprint density at radius 1 is 1.06 bits per heavy atom. The molecule has 3 aromatic rings. The van der Waals surface area contributed by atoms with Gasteiger partial charge in [-0.25, -0.2) is 4.98 Å². The number of aromatic nitrogens is 3. The lowest BCUT2D eigenvalue weighted by Crippen LogP contribution is -2.42. The third-order valence-electron chi connectivity index (χ3n) is 7.34. The third kappa shape index (κ3) is 4.87. The quantitative estimate of drug-likeness (QED) is 0.574. The Bertz CT molecular complexity index is 1270. The molecule has 36 heavy (non-hydrogen) atoms. The van der Waals surface area contributed by atoms with Gasteiger partial charge >= 0.3 is 0 Å². The van der Waals surface area contributed by atoms with Gasteiger partial charge in [-0.3, -0.25) is 14.9 Å². The van der Waals surface area contributed by atoms with Gasteiger partial charge in [-0.15, -0.1) is 0 Å². The van der Waals surface area contributed by atoms with Crippen molar-refractivity contribution in [3.05, 3.63) is 53.3 Å². The summed E-state index contributed by atoms with van der Waals surface area (Å²) in [6.45, 7) is 12.2. The van der Waals surface area contributed by atoms with Crippen LogP contribution >= 0.6 is 0 Å². The maximum absolute atomic E-state index is 13.8. The average Bonchev–Trinajstić information content (AvgIpc) is 3.59. The molecule has 2 saturated heterocycles. The zero-order valence-electron chi connectivity index (χ0n) is 21.8. The molecule has 2 fully saturated rings. The van der Waals surface area contributed by atoms with Crippen LogP contribution in [0.3, 0.4) is 0 Å². The number of fused-ring (bicyclic) bond motifs is 1. The van der Waals surface area contributed by atoms with Crippen molar-refractivity contribution in [1.29, 1.82) is 0 Å². The highest BCUT2D eigenvalue weighted by atomic mass is 16.2. The molecule has 5 rings (SSSR count). The Morgan fingerprint density at radius 3 is 2.47 bits per heavy atom. The van der Waals surface area contributed by atoms with Crippen LogP contribution in [0.2, 0.25) is 0 Å². The van der Waals surface area contributed by atoms with Gasteiger partial charge in [0, 0.05) is 42.6 Å². The predicted octanol–water partition coefficient (Wildman–Crippen LogP) is 4.45. The van der Waals surface area contributed by atoms with Crippen LogP contribution in [0.4, 0.5) is 5.95 Å². The topological polar surface area (TPSA) is 83.4 Å². The zero-order valence-corrected chi connectivity index (χ0v) is 21.8. The first-order chi connectivity index (χ1) is 17.2. The molecular formula is C28H36N6O2. The number of hydrogen-bond donors (Lipinski definition) is 1. The Hall–Kier alpha value is -3.26. The van der Waals surface area contributed by atoms with Gasteiger partial charge in [0.1, 0.15) is 5.65 Å². The summed E-state index contributed by atoms with van der Waals surface area (Å²) in [5.41, 5.74) is 2.61. The number of carbonyl (C=O) groups is 2. The summed E-state index contributed by atoms with van der Waals surface area (Å²) in [6.07, 6.45) is 8.17. The number of likely N-dealkylation sites (tertiary alicyclic amines) is 2. The van der Waals surface area contributed by atoms with Gasteiger partial charge in [0.25, 0.3) is 11.8 Å². The molecular weight excluding hydrogens is 452 g/mol. The average molecular weight is 489 g/mol. The molecule has 2 aliphatic heterocycles. The van der Waals surface area contributed by atoms with Crippen LogP contribution in [0.15, 0.2) is 36.7 Å². The van der Waals surface area contributed by atoms with Crippen molar-refractivity contribution in [2.45, 2.75) is 65.0 Å². The first kappa shape index (κ1) is 24.4. The lowest BCUT2D eigenvalue weighted by molar-refractivity contribution is 0.0710. The van der Waals surface area contributed by atoms with E-state index < -0.39 is 0 Å². The molecule has 2 aromatic heterocycles. The molecule has 8 nitrogen and oxygen atoms in total. The highest BCUT2D eigenvalue weighted by Crippen LogP contribution is 2.30. The largest absolute Gasteiger partial charge is 0.334 e. The van der Waals surface area contributed by atoms with E-state index in [1.165, 1.54) is 12.8 Å². The fourth-order valence-corrected chi connectivity index (χ4v) is 5.34. The van der Waals surface area contributed by atoms with Crippen LogP contribution in [0.5, 0.6) is 0 Å². The Labute approximate surface area is 212 Å². The number of hydrogen-bond acceptors (Lipinski definition) is 5. The molecule has 8 heteroatoms. The summed E-state index contributed by atoms with van der Waals surface area (Å²) in [5.74, 6) is 0.00910. The first-order valence-electron chi connectivity index (χ1n) is 13.0. The number of anilines is 1. The van der Waals surface area contributed by atoms with Crippen LogP contribution in [-0.4, -0.2) is 68.4 Å². The summed E-state index contributed by atoms with van der Waals surface area (Å²) < 4.78 is 2.02. The summed E-state index contributed by atoms with van der Waals surface area (Å²) in [7, 11) is 0. The molecule has 190 valence electrons. The zero-order chi connectivity index (χ0) is 25.4. The second-order valence-corrected chi connectivity index (χ2v) is 11.1. The van der Waals surface area contributed by atoms with Gasteiger partial charge in [0.05, 0.1) is 10.9 Å². The molecule has 0 saturated carbocycles. The second kappa shape index (κ2) is 9.65. The van der Waals surface area contributed by atoms with E-state index >= 15 is 0 Å². The van der Waals surface area contributed by atoms with Crippen LogP contribution in [0.25, 0.3) is 11.0 Å². The van der Waals surface area contributed by atoms with Gasteiger partial charge in [-0.2, -0.15) is 4.98 Å². The highest BCUT2D eigenvalue weighted by molar-refractivity contribution is 6.07. The molecule has 4 heterocycles. The number of rotatable bonds is 5. The van der Waals surface area contributed by atoms with Crippen molar-refractivity contribution in [2.24, 2.45) is 0 Å². The monoisotopic (exact) mass is 488 g/mol. The molecule has 0 bridgehead atoms. The highest BCUT2D eigenvalue weighted by Gasteiger charge is 2.34. The number of nitrogens with zero attached hydrogens (tertiary/aromatic N) is 5. The van der Waals surface area contributed by atoms with Crippen molar-refractivity contribution >= 4 is 28.8 Å². The summed E-state index contributed by atoms with van der Waals surface area (Å²) in [4.78, 5) is 40.2. The number of benzene rings is 1. The minimum absolute atomic E-state index is 0.0461.